The van der Waals surface area contributed by atoms with Crippen LogP contribution in [0.1, 0.15) is 0 Å². The Balaban J connectivity index is 3.57. The van der Waals surface area contributed by atoms with Crippen molar-refractivity contribution in [1.29, 1.82) is 0 Å². The third kappa shape index (κ3) is 3.76. The molecule has 2 N–H and O–H groups in total. The van der Waals surface area contributed by atoms with Crippen molar-refractivity contribution in [1.82, 2.24) is 5.32 Å². The van der Waals surface area contributed by atoms with E-state index < -0.39 is 17.2 Å². The lowest BCUT2D eigenvalue weighted by Crippen LogP contribution is -2.38. The monoisotopic (exact) mass is 187 g/mol. The topological polar surface area (TPSA) is 58.6 Å². The average molecular weight is 188 g/mol. The van der Waals surface area contributed by atoms with Gasteiger partial charge in [-0.1, -0.05) is 0 Å². The third-order valence-corrected chi connectivity index (χ3v) is 1.17. The number of alkyl carbamates (subject to hydrolysis) is 1. The summed E-state index contributed by atoms with van der Waals surface area (Å²) in [4.78, 5) is 9.26. The summed E-state index contributed by atoms with van der Waals surface area (Å²) in [5, 5.41) is 10.7. The Bertz CT molecular complexity index is 119. The number of halogens is 2. The molecule has 0 rings (SSSR count). The third-order valence-electron chi connectivity index (χ3n) is 0.690. The summed E-state index contributed by atoms with van der Waals surface area (Å²) in [6, 6.07) is 0. The first-order chi connectivity index (χ1) is 4.57. The van der Waals surface area contributed by atoms with E-state index in [0.29, 0.717) is 0 Å². The molecule has 0 saturated heterocycles. The number of hydrogen-bond acceptors (Lipinski definition) is 3. The second-order valence-corrected chi connectivity index (χ2v) is 2.58. The molecule has 0 unspecified atom stereocenters. The second kappa shape index (κ2) is 4.60. The van der Waals surface area contributed by atoms with E-state index in [1.165, 1.54) is 7.11 Å². The first-order valence-electron chi connectivity index (χ1n) is 2.38. The number of methoxy groups -OCH3 is 1. The Morgan fingerprint density at radius 2 is 2.20 bits per heavy atom. The number of ether oxygens (including phenoxy) is 1. The molecular weight excluding hydrogens is 181 g/mol. The number of amides is 1. The quantitative estimate of drug-likeness (QED) is 0.489. The van der Waals surface area contributed by atoms with Gasteiger partial charge in [0.1, 0.15) is 0 Å². The van der Waals surface area contributed by atoms with Gasteiger partial charge in [0.05, 0.1) is 7.11 Å². The number of aliphatic hydroxyl groups excluding tert-OH is 1. The Kier molecular flexibility index (Phi) is 4.51. The van der Waals surface area contributed by atoms with Gasteiger partial charge in [0.15, 0.2) is 11.1 Å². The van der Waals surface area contributed by atoms with Crippen LogP contribution in [0, 0.1) is 0 Å². The van der Waals surface area contributed by atoms with Gasteiger partial charge in [0.2, 0.25) is 0 Å². The lowest BCUT2D eigenvalue weighted by Gasteiger charge is -2.11. The van der Waals surface area contributed by atoms with Crippen molar-refractivity contribution >= 4 is 29.3 Å². The van der Waals surface area contributed by atoms with Crippen LogP contribution in [0.25, 0.3) is 0 Å². The number of nitrogens with one attached hydrogen (secondary N) is 1. The summed E-state index contributed by atoms with van der Waals surface area (Å²) in [5.74, 6) is 0. The molecular formula is C4H7Cl2NO3. The maximum Gasteiger partial charge on any atom is 0.408 e. The summed E-state index contributed by atoms with van der Waals surface area (Å²) in [6.07, 6.45) is -2.07. The largest absolute Gasteiger partial charge is 0.453 e. The van der Waals surface area contributed by atoms with E-state index in [1.807, 2.05) is 5.32 Å². The number of hydrogen-bond donors (Lipinski definition) is 2. The van der Waals surface area contributed by atoms with Crippen molar-refractivity contribution in [3.63, 3.8) is 0 Å². The molecule has 4 nitrogen and oxygen atoms in total. The zero-order valence-corrected chi connectivity index (χ0v) is 6.69. The highest BCUT2D eigenvalue weighted by Crippen LogP contribution is 2.04. The van der Waals surface area contributed by atoms with E-state index in [2.05, 4.69) is 4.74 Å². The molecule has 0 aromatic heterocycles. The van der Waals surface area contributed by atoms with E-state index >= 15 is 0 Å². The molecule has 0 fully saturated rings. The minimum absolute atomic E-state index is 0.779. The molecule has 0 heterocycles. The van der Waals surface area contributed by atoms with Crippen LogP contribution in [0.5, 0.6) is 0 Å². The maximum atomic E-state index is 10.3. The van der Waals surface area contributed by atoms with Gasteiger partial charge in [-0.3, -0.25) is 5.32 Å². The summed E-state index contributed by atoms with van der Waals surface area (Å²) >= 11 is 10.3. The zero-order valence-electron chi connectivity index (χ0n) is 5.17. The van der Waals surface area contributed by atoms with Gasteiger partial charge < -0.3 is 9.84 Å². The van der Waals surface area contributed by atoms with Gasteiger partial charge in [-0.2, -0.15) is 0 Å². The molecule has 1 amide bonds. The fraction of sp³-hybridized carbons (Fsp3) is 0.750. The molecule has 0 aliphatic rings. The molecule has 0 radical (unpaired) electrons. The standard InChI is InChI=1S/C4H7Cl2NO3/c1-10-4(9)7-3(8)2(5)6/h2-3,8H,1H3,(H,7,9)/t3-/m0/s1. The van der Waals surface area contributed by atoms with Crippen LogP contribution in [0.4, 0.5) is 4.79 Å². The highest BCUT2D eigenvalue weighted by molar-refractivity contribution is 6.44. The van der Waals surface area contributed by atoms with E-state index in [1.54, 1.807) is 0 Å². The predicted molar refractivity (Wildman–Crippen MR) is 37.0 cm³/mol. The van der Waals surface area contributed by atoms with Crippen LogP contribution in [0.15, 0.2) is 0 Å². The predicted octanol–water partition coefficient (Wildman–Crippen LogP) is 0.464. The average Bonchev–Trinajstić information content (AvgIpc) is 1.87. The Hall–Kier alpha value is -0.190. The number of rotatable bonds is 2. The molecule has 60 valence electrons. The molecule has 0 aromatic rings. The van der Waals surface area contributed by atoms with E-state index in [0.717, 1.165) is 0 Å². The first kappa shape index (κ1) is 9.81. The number of carbonyl (C=O) groups is 1. The normalized spacial score (nSPS) is 12.9. The lowest BCUT2D eigenvalue weighted by atomic mass is 10.6. The van der Waals surface area contributed by atoms with Crippen LogP contribution < -0.4 is 5.32 Å². The molecule has 6 heteroatoms. The zero-order chi connectivity index (χ0) is 8.15. The molecule has 0 aliphatic heterocycles. The molecule has 0 bridgehead atoms. The molecule has 0 spiro atoms. The Labute approximate surface area is 68.1 Å². The van der Waals surface area contributed by atoms with Crippen LogP contribution in [-0.2, 0) is 4.74 Å². The second-order valence-electron chi connectivity index (χ2n) is 1.42. The SMILES string of the molecule is COC(=O)N[C@@H](O)C(Cl)Cl. The lowest BCUT2D eigenvalue weighted by molar-refractivity contribution is 0.118. The smallest absolute Gasteiger partial charge is 0.408 e. The number of aliphatic hydroxyl groups is 1. The fourth-order valence-electron chi connectivity index (χ4n) is 0.243. The van der Waals surface area contributed by atoms with Crippen molar-refractivity contribution in [3.8, 4) is 0 Å². The fourth-order valence-corrected chi connectivity index (χ4v) is 0.369. The van der Waals surface area contributed by atoms with Crippen molar-refractivity contribution in [2.45, 2.75) is 11.1 Å². The summed E-state index contributed by atoms with van der Waals surface area (Å²) in [6.45, 7) is 0. The summed E-state index contributed by atoms with van der Waals surface area (Å²) < 4.78 is 4.14. The highest BCUT2D eigenvalue weighted by Gasteiger charge is 2.15. The summed E-state index contributed by atoms with van der Waals surface area (Å²) in [5.41, 5.74) is 0. The van der Waals surface area contributed by atoms with Gasteiger partial charge in [-0.15, -0.1) is 23.2 Å². The molecule has 0 aliphatic carbocycles. The number of alkyl halides is 2. The van der Waals surface area contributed by atoms with Crippen molar-refractivity contribution < 1.29 is 14.6 Å². The van der Waals surface area contributed by atoms with E-state index in [-0.39, 0.29) is 0 Å². The van der Waals surface area contributed by atoms with Gasteiger partial charge in [0.25, 0.3) is 0 Å². The van der Waals surface area contributed by atoms with E-state index in [9.17, 15) is 4.79 Å². The van der Waals surface area contributed by atoms with Crippen LogP contribution >= 0.6 is 23.2 Å². The molecule has 0 aromatic carbocycles. The summed E-state index contributed by atoms with van der Waals surface area (Å²) in [7, 11) is 1.17. The van der Waals surface area contributed by atoms with Crippen molar-refractivity contribution in [2.24, 2.45) is 0 Å². The van der Waals surface area contributed by atoms with Crippen LogP contribution in [0.3, 0.4) is 0 Å². The first-order valence-corrected chi connectivity index (χ1v) is 3.26. The number of carbonyl (C=O) groups excluding carboxylic acids is 1. The Morgan fingerprint density at radius 1 is 1.70 bits per heavy atom. The molecule has 0 saturated carbocycles. The van der Waals surface area contributed by atoms with Gasteiger partial charge in [0, 0.05) is 0 Å². The van der Waals surface area contributed by atoms with Crippen molar-refractivity contribution in [2.75, 3.05) is 7.11 Å². The minimum Gasteiger partial charge on any atom is -0.453 e. The van der Waals surface area contributed by atoms with Gasteiger partial charge >= 0.3 is 6.09 Å². The van der Waals surface area contributed by atoms with Gasteiger partial charge in [-0.25, -0.2) is 4.79 Å². The van der Waals surface area contributed by atoms with Crippen LogP contribution in [0.2, 0.25) is 0 Å². The Morgan fingerprint density at radius 3 is 2.50 bits per heavy atom. The molecule has 10 heavy (non-hydrogen) atoms. The highest BCUT2D eigenvalue weighted by atomic mass is 35.5. The maximum absolute atomic E-state index is 10.3. The van der Waals surface area contributed by atoms with Gasteiger partial charge in [-0.05, 0) is 0 Å². The minimum atomic E-state index is -1.30. The van der Waals surface area contributed by atoms with E-state index in [4.69, 9.17) is 28.3 Å². The van der Waals surface area contributed by atoms with Crippen molar-refractivity contribution in [3.05, 3.63) is 0 Å². The van der Waals surface area contributed by atoms with Crippen LogP contribution in [-0.4, -0.2) is 29.4 Å². The molecule has 1 atom stereocenters.